The predicted octanol–water partition coefficient (Wildman–Crippen LogP) is 2.54. The first-order chi connectivity index (χ1) is 14.9. The fourth-order valence-electron chi connectivity index (χ4n) is 3.85. The third kappa shape index (κ3) is 4.24. The van der Waals surface area contributed by atoms with Crippen LogP contribution in [0.2, 0.25) is 5.02 Å². The van der Waals surface area contributed by atoms with E-state index in [1.807, 2.05) is 29.2 Å². The van der Waals surface area contributed by atoms with Gasteiger partial charge in [-0.1, -0.05) is 17.7 Å². The van der Waals surface area contributed by atoms with Gasteiger partial charge >= 0.3 is 0 Å². The highest BCUT2D eigenvalue weighted by Crippen LogP contribution is 2.32. The first-order valence-corrected chi connectivity index (χ1v) is 11.8. The Kier molecular flexibility index (Phi) is 6.15. The summed E-state index contributed by atoms with van der Waals surface area (Å²) in [5, 5.41) is 0.699. The molecule has 0 bridgehead atoms. The molecule has 166 valence electrons. The number of guanidine groups is 1. The van der Waals surface area contributed by atoms with E-state index in [-0.39, 0.29) is 10.6 Å². The zero-order valence-electron chi connectivity index (χ0n) is 17.5. The Bertz CT molecular complexity index is 1080. The average Bonchev–Trinajstić information content (AvgIpc) is 3.30. The molecular weight excluding hydrogens is 440 g/mol. The Labute approximate surface area is 187 Å². The molecule has 0 aliphatic carbocycles. The zero-order valence-corrected chi connectivity index (χ0v) is 19.1. The van der Waals surface area contributed by atoms with E-state index in [4.69, 9.17) is 21.1 Å². The Morgan fingerprint density at radius 1 is 0.935 bits per heavy atom. The number of piperazine rings is 1. The lowest BCUT2D eigenvalue weighted by atomic mass is 10.2. The molecule has 0 amide bonds. The number of anilines is 1. The van der Waals surface area contributed by atoms with Crippen LogP contribution in [0.4, 0.5) is 5.69 Å². The molecule has 2 aromatic rings. The van der Waals surface area contributed by atoms with Gasteiger partial charge in [-0.3, -0.25) is 4.99 Å². The minimum absolute atomic E-state index is 0.0708. The van der Waals surface area contributed by atoms with E-state index < -0.39 is 10.0 Å². The maximum Gasteiger partial charge on any atom is 0.270 e. The summed E-state index contributed by atoms with van der Waals surface area (Å²) in [5.74, 6) is 1.21. The van der Waals surface area contributed by atoms with E-state index in [1.165, 1.54) is 24.6 Å². The summed E-state index contributed by atoms with van der Waals surface area (Å²) >= 11 is 6.12. The average molecular weight is 465 g/mol. The third-order valence-corrected chi connectivity index (χ3v) is 7.49. The largest absolute Gasteiger partial charge is 0.497 e. The van der Waals surface area contributed by atoms with Crippen LogP contribution in [-0.2, 0) is 10.0 Å². The van der Waals surface area contributed by atoms with Crippen LogP contribution < -0.4 is 14.4 Å². The van der Waals surface area contributed by atoms with Crippen molar-refractivity contribution in [1.29, 1.82) is 0 Å². The third-order valence-electron chi connectivity index (χ3n) is 5.45. The molecule has 0 saturated carbocycles. The number of benzene rings is 2. The van der Waals surface area contributed by atoms with Crippen LogP contribution >= 0.6 is 11.6 Å². The van der Waals surface area contributed by atoms with Gasteiger partial charge < -0.3 is 19.3 Å². The molecule has 0 N–H and O–H groups in total. The first-order valence-electron chi connectivity index (χ1n) is 9.98. The topological polar surface area (TPSA) is 74.7 Å². The minimum atomic E-state index is -3.86. The van der Waals surface area contributed by atoms with Crippen molar-refractivity contribution >= 4 is 33.3 Å². The van der Waals surface area contributed by atoms with Crippen LogP contribution in [0.25, 0.3) is 0 Å². The van der Waals surface area contributed by atoms with Crippen LogP contribution in [0, 0.1) is 0 Å². The number of ether oxygens (including phenoxy) is 2. The van der Waals surface area contributed by atoms with Crippen molar-refractivity contribution in [2.24, 2.45) is 4.99 Å². The summed E-state index contributed by atoms with van der Waals surface area (Å²) in [6.07, 6.45) is 0. The van der Waals surface area contributed by atoms with Crippen molar-refractivity contribution in [1.82, 2.24) is 9.21 Å². The second-order valence-corrected chi connectivity index (χ2v) is 9.50. The van der Waals surface area contributed by atoms with Crippen molar-refractivity contribution in [2.75, 3.05) is 58.4 Å². The highest BCUT2D eigenvalue weighted by Gasteiger charge is 2.36. The second kappa shape index (κ2) is 8.84. The Morgan fingerprint density at radius 3 is 2.35 bits per heavy atom. The van der Waals surface area contributed by atoms with E-state index in [0.717, 1.165) is 18.8 Å². The lowest BCUT2D eigenvalue weighted by Gasteiger charge is -2.39. The van der Waals surface area contributed by atoms with E-state index >= 15 is 0 Å². The van der Waals surface area contributed by atoms with Gasteiger partial charge in [-0.05, 0) is 30.3 Å². The number of nitrogens with zero attached hydrogens (tertiary/aromatic N) is 4. The standard InChI is InChI=1S/C21H25ClN4O4S/c1-29-18-6-7-19(30-2)20(15-18)31(27,28)26-9-8-23-21(26)25-12-10-24(11-13-25)17-5-3-4-16(22)14-17/h3-7,14-15H,8-13H2,1-2H3. The number of aliphatic imine (C=N–C) groups is 1. The van der Waals surface area contributed by atoms with E-state index in [9.17, 15) is 8.42 Å². The lowest BCUT2D eigenvalue weighted by Crippen LogP contribution is -2.53. The molecule has 2 heterocycles. The summed E-state index contributed by atoms with van der Waals surface area (Å²) in [6, 6.07) is 12.5. The van der Waals surface area contributed by atoms with Gasteiger partial charge in [0.1, 0.15) is 16.4 Å². The Hall–Kier alpha value is -2.65. The van der Waals surface area contributed by atoms with E-state index in [0.29, 0.717) is 42.9 Å². The molecule has 2 aliphatic rings. The fourth-order valence-corrected chi connectivity index (χ4v) is 5.65. The quantitative estimate of drug-likeness (QED) is 0.677. The van der Waals surface area contributed by atoms with Crippen molar-refractivity contribution in [3.05, 3.63) is 47.5 Å². The molecule has 4 rings (SSSR count). The Morgan fingerprint density at radius 2 is 1.68 bits per heavy atom. The molecule has 0 atom stereocenters. The smallest absolute Gasteiger partial charge is 0.270 e. The zero-order chi connectivity index (χ0) is 22.0. The first kappa shape index (κ1) is 21.6. The molecule has 10 heteroatoms. The van der Waals surface area contributed by atoms with Crippen LogP contribution in [-0.4, -0.2) is 77.1 Å². The fraction of sp³-hybridized carbons (Fsp3) is 0.381. The number of halogens is 1. The lowest BCUT2D eigenvalue weighted by molar-refractivity contribution is 0.357. The normalized spacial score (nSPS) is 17.0. The number of hydrogen-bond acceptors (Lipinski definition) is 7. The predicted molar refractivity (Wildman–Crippen MR) is 121 cm³/mol. The van der Waals surface area contributed by atoms with Gasteiger partial charge in [-0.15, -0.1) is 0 Å². The summed E-state index contributed by atoms with van der Waals surface area (Å²) < 4.78 is 38.9. The van der Waals surface area contributed by atoms with E-state index in [2.05, 4.69) is 9.89 Å². The van der Waals surface area contributed by atoms with Gasteiger partial charge in [0, 0.05) is 43.0 Å². The number of methoxy groups -OCH3 is 2. The molecule has 0 unspecified atom stereocenters. The van der Waals surface area contributed by atoms with Crippen LogP contribution in [0.5, 0.6) is 11.5 Å². The molecular formula is C21H25ClN4O4S. The van der Waals surface area contributed by atoms with Crippen molar-refractivity contribution in [3.8, 4) is 11.5 Å². The SMILES string of the molecule is COc1ccc(OC)c(S(=O)(=O)N2CCN=C2N2CCN(c3cccc(Cl)c3)CC2)c1. The summed E-state index contributed by atoms with van der Waals surface area (Å²) in [6.45, 7) is 3.53. The second-order valence-electron chi connectivity index (χ2n) is 7.23. The monoisotopic (exact) mass is 464 g/mol. The number of hydrogen-bond donors (Lipinski definition) is 0. The van der Waals surface area contributed by atoms with Gasteiger partial charge in [0.25, 0.3) is 10.0 Å². The molecule has 2 aliphatic heterocycles. The van der Waals surface area contributed by atoms with E-state index in [1.54, 1.807) is 12.1 Å². The van der Waals surface area contributed by atoms with Gasteiger partial charge in [0.05, 0.1) is 27.3 Å². The van der Waals surface area contributed by atoms with Crippen LogP contribution in [0.3, 0.4) is 0 Å². The molecule has 8 nitrogen and oxygen atoms in total. The van der Waals surface area contributed by atoms with Gasteiger partial charge in [-0.2, -0.15) is 0 Å². The summed E-state index contributed by atoms with van der Waals surface area (Å²) in [4.78, 5) is 8.86. The molecule has 31 heavy (non-hydrogen) atoms. The van der Waals surface area contributed by atoms with Gasteiger partial charge in [-0.25, -0.2) is 12.7 Å². The highest BCUT2D eigenvalue weighted by atomic mass is 35.5. The number of sulfonamides is 1. The molecule has 2 aromatic carbocycles. The van der Waals surface area contributed by atoms with Gasteiger partial charge in [0.2, 0.25) is 5.96 Å². The highest BCUT2D eigenvalue weighted by molar-refractivity contribution is 7.89. The van der Waals surface area contributed by atoms with Gasteiger partial charge in [0.15, 0.2) is 0 Å². The van der Waals surface area contributed by atoms with Crippen molar-refractivity contribution in [2.45, 2.75) is 4.90 Å². The molecule has 0 radical (unpaired) electrons. The molecule has 1 fully saturated rings. The molecule has 0 aromatic heterocycles. The minimum Gasteiger partial charge on any atom is -0.497 e. The van der Waals surface area contributed by atoms with Crippen LogP contribution in [0.1, 0.15) is 0 Å². The van der Waals surface area contributed by atoms with Crippen molar-refractivity contribution in [3.63, 3.8) is 0 Å². The maximum absolute atomic E-state index is 13.5. The van der Waals surface area contributed by atoms with Crippen LogP contribution in [0.15, 0.2) is 52.4 Å². The maximum atomic E-state index is 13.5. The van der Waals surface area contributed by atoms with Crippen molar-refractivity contribution < 1.29 is 17.9 Å². The summed E-state index contributed by atoms with van der Waals surface area (Å²) in [5.41, 5.74) is 1.06. The Balaban J connectivity index is 1.53. The number of rotatable bonds is 5. The molecule has 0 spiro atoms. The molecule has 1 saturated heterocycles. The summed E-state index contributed by atoms with van der Waals surface area (Å²) in [7, 11) is -0.905.